The zero-order valence-corrected chi connectivity index (χ0v) is 19.7. The molecular weight excluding hydrogens is 465 g/mol. The van der Waals surface area contributed by atoms with E-state index in [1.165, 1.54) is 14.2 Å². The number of fused-ring (bicyclic) bond motifs is 1. The molecule has 0 radical (unpaired) electrons. The smallest absolute Gasteiger partial charge is 0.252 e. The highest BCUT2D eigenvalue weighted by molar-refractivity contribution is 6.39. The number of carbonyl (C=O) groups excluding carboxylic acids is 1. The van der Waals surface area contributed by atoms with Crippen molar-refractivity contribution in [3.05, 3.63) is 64.4 Å². The van der Waals surface area contributed by atoms with Gasteiger partial charge < -0.3 is 20.1 Å². The van der Waals surface area contributed by atoms with Crippen LogP contribution >= 0.6 is 23.2 Å². The van der Waals surface area contributed by atoms with E-state index in [9.17, 15) is 4.79 Å². The van der Waals surface area contributed by atoms with Gasteiger partial charge >= 0.3 is 0 Å². The Bertz CT molecular complexity index is 1320. The molecule has 2 aromatic carbocycles. The molecule has 2 N–H and O–H groups in total. The lowest BCUT2D eigenvalue weighted by Crippen LogP contribution is -2.23. The number of benzene rings is 2. The van der Waals surface area contributed by atoms with Crippen LogP contribution in [0.15, 0.2) is 48.8 Å². The lowest BCUT2D eigenvalue weighted by Gasteiger charge is -2.17. The fourth-order valence-electron chi connectivity index (χ4n) is 3.46. The van der Waals surface area contributed by atoms with E-state index in [1.807, 2.05) is 6.92 Å². The molecule has 0 saturated heterocycles. The Morgan fingerprint density at radius 3 is 2.55 bits per heavy atom. The summed E-state index contributed by atoms with van der Waals surface area (Å²) in [6, 6.07) is 10.3. The zero-order valence-electron chi connectivity index (χ0n) is 18.1. The fourth-order valence-corrected chi connectivity index (χ4v) is 3.96. The molecule has 0 fully saturated rings. The number of rotatable bonds is 7. The highest BCUT2D eigenvalue weighted by Crippen LogP contribution is 2.42. The SMILES string of the molecule is CCNC(=O)c1cc(OC)cc(OC)c1-c1nc2ncccn2c1Nc1c(Cl)cccc1Cl. The Balaban J connectivity index is 2.03. The number of aromatic nitrogens is 3. The summed E-state index contributed by atoms with van der Waals surface area (Å²) in [5.74, 6) is 1.52. The molecular formula is C23H21Cl2N5O3. The van der Waals surface area contributed by atoms with Crippen LogP contribution in [-0.2, 0) is 0 Å². The van der Waals surface area contributed by atoms with E-state index >= 15 is 0 Å². The number of carbonyl (C=O) groups is 1. The molecule has 1 amide bonds. The van der Waals surface area contributed by atoms with Crippen LogP contribution < -0.4 is 20.1 Å². The molecule has 0 aliphatic rings. The number of nitrogens with zero attached hydrogens (tertiary/aromatic N) is 3. The summed E-state index contributed by atoms with van der Waals surface area (Å²) < 4.78 is 12.8. The van der Waals surface area contributed by atoms with E-state index < -0.39 is 0 Å². The van der Waals surface area contributed by atoms with Gasteiger partial charge in [-0.15, -0.1) is 0 Å². The van der Waals surface area contributed by atoms with Crippen LogP contribution in [0.5, 0.6) is 11.5 Å². The van der Waals surface area contributed by atoms with Crippen LogP contribution in [0.1, 0.15) is 17.3 Å². The Kier molecular flexibility index (Phi) is 6.57. The van der Waals surface area contributed by atoms with Crippen LogP contribution in [0.4, 0.5) is 11.5 Å². The van der Waals surface area contributed by atoms with E-state index in [1.54, 1.807) is 53.2 Å². The number of para-hydroxylation sites is 1. The van der Waals surface area contributed by atoms with E-state index in [4.69, 9.17) is 37.7 Å². The second-order valence-corrected chi connectivity index (χ2v) is 7.75. The molecule has 0 aliphatic heterocycles. The first-order valence-corrected chi connectivity index (χ1v) is 10.8. The second-order valence-electron chi connectivity index (χ2n) is 6.93. The van der Waals surface area contributed by atoms with Crippen molar-refractivity contribution in [2.24, 2.45) is 0 Å². The first-order valence-electron chi connectivity index (χ1n) is 10.1. The van der Waals surface area contributed by atoms with E-state index in [-0.39, 0.29) is 5.91 Å². The summed E-state index contributed by atoms with van der Waals surface area (Å²) in [4.78, 5) is 22.1. The minimum absolute atomic E-state index is 0.295. The van der Waals surface area contributed by atoms with Crippen molar-refractivity contribution in [3.63, 3.8) is 0 Å². The van der Waals surface area contributed by atoms with Crippen molar-refractivity contribution in [1.82, 2.24) is 19.7 Å². The molecule has 0 bridgehead atoms. The minimum Gasteiger partial charge on any atom is -0.497 e. The number of hydrogen-bond acceptors (Lipinski definition) is 6. The molecule has 0 unspecified atom stereocenters. The standard InChI is InChI=1S/C23H21Cl2N5O3/c1-4-26-22(31)14-11-13(32-2)12-17(33-3)18(14)20-21(30-10-6-9-27-23(30)29-20)28-19-15(24)7-5-8-16(19)25/h5-12,28H,4H2,1-3H3,(H,26,31). The van der Waals surface area contributed by atoms with Gasteiger partial charge in [-0.25, -0.2) is 9.97 Å². The van der Waals surface area contributed by atoms with Crippen molar-refractivity contribution < 1.29 is 14.3 Å². The number of nitrogens with one attached hydrogen (secondary N) is 2. The van der Waals surface area contributed by atoms with Crippen molar-refractivity contribution in [2.45, 2.75) is 6.92 Å². The van der Waals surface area contributed by atoms with Crippen LogP contribution in [0.25, 0.3) is 17.0 Å². The molecule has 0 aliphatic carbocycles. The minimum atomic E-state index is -0.295. The van der Waals surface area contributed by atoms with Crippen LogP contribution in [0.2, 0.25) is 10.0 Å². The summed E-state index contributed by atoms with van der Waals surface area (Å²) in [5, 5.41) is 6.98. The van der Waals surface area contributed by atoms with Crippen LogP contribution in [-0.4, -0.2) is 41.0 Å². The maximum atomic E-state index is 13.0. The molecule has 2 heterocycles. The van der Waals surface area contributed by atoms with E-state index in [0.29, 0.717) is 62.2 Å². The van der Waals surface area contributed by atoms with E-state index in [0.717, 1.165) is 0 Å². The first-order chi connectivity index (χ1) is 16.0. The lowest BCUT2D eigenvalue weighted by molar-refractivity contribution is 0.0956. The summed E-state index contributed by atoms with van der Waals surface area (Å²) in [7, 11) is 3.04. The van der Waals surface area contributed by atoms with Crippen molar-refractivity contribution in [2.75, 3.05) is 26.1 Å². The van der Waals surface area contributed by atoms with Gasteiger partial charge in [-0.05, 0) is 31.2 Å². The normalized spacial score (nSPS) is 10.8. The number of anilines is 2. The van der Waals surface area contributed by atoms with Crippen molar-refractivity contribution in [1.29, 1.82) is 0 Å². The summed E-state index contributed by atoms with van der Waals surface area (Å²) >= 11 is 12.8. The maximum absolute atomic E-state index is 13.0. The Hall–Kier alpha value is -3.49. The number of methoxy groups -OCH3 is 2. The summed E-state index contributed by atoms with van der Waals surface area (Å²) in [6.07, 6.45) is 3.43. The predicted molar refractivity (Wildman–Crippen MR) is 129 cm³/mol. The average molecular weight is 486 g/mol. The maximum Gasteiger partial charge on any atom is 0.252 e. The van der Waals surface area contributed by atoms with Gasteiger partial charge in [0.15, 0.2) is 0 Å². The Morgan fingerprint density at radius 2 is 1.88 bits per heavy atom. The second kappa shape index (κ2) is 9.56. The van der Waals surface area contributed by atoms with Crippen LogP contribution in [0, 0.1) is 0 Å². The van der Waals surface area contributed by atoms with E-state index in [2.05, 4.69) is 15.6 Å². The number of imidazole rings is 1. The third-order valence-corrected chi connectivity index (χ3v) is 5.59. The Labute approximate surface area is 200 Å². The third kappa shape index (κ3) is 4.27. The molecule has 0 atom stereocenters. The molecule has 10 heteroatoms. The van der Waals surface area contributed by atoms with Crippen molar-refractivity contribution in [3.8, 4) is 22.8 Å². The van der Waals surface area contributed by atoms with Gasteiger partial charge in [-0.2, -0.15) is 0 Å². The van der Waals surface area contributed by atoms with Gasteiger partial charge in [-0.3, -0.25) is 9.20 Å². The quantitative estimate of drug-likeness (QED) is 0.373. The number of halogens is 2. The molecule has 2 aromatic heterocycles. The third-order valence-electron chi connectivity index (χ3n) is 4.96. The summed E-state index contributed by atoms with van der Waals surface area (Å²) in [5.41, 5.74) is 1.75. The number of hydrogen-bond donors (Lipinski definition) is 2. The van der Waals surface area contributed by atoms with Gasteiger partial charge in [0.25, 0.3) is 5.91 Å². The topological polar surface area (TPSA) is 89.8 Å². The number of amides is 1. The van der Waals surface area contributed by atoms with Gasteiger partial charge in [0.1, 0.15) is 23.0 Å². The average Bonchev–Trinajstić information content (AvgIpc) is 3.18. The molecule has 0 spiro atoms. The number of ether oxygens (including phenoxy) is 2. The molecule has 4 aromatic rings. The fraction of sp³-hybridized carbons (Fsp3) is 0.174. The van der Waals surface area contributed by atoms with Gasteiger partial charge in [-0.1, -0.05) is 29.3 Å². The predicted octanol–water partition coefficient (Wildman–Crippen LogP) is 5.21. The highest BCUT2D eigenvalue weighted by Gasteiger charge is 2.26. The molecule has 0 saturated carbocycles. The monoisotopic (exact) mass is 485 g/mol. The van der Waals surface area contributed by atoms with Crippen molar-refractivity contribution >= 4 is 46.4 Å². The summed E-state index contributed by atoms with van der Waals surface area (Å²) in [6.45, 7) is 2.29. The zero-order chi connectivity index (χ0) is 23.5. The largest absolute Gasteiger partial charge is 0.497 e. The molecule has 4 rings (SSSR count). The molecule has 33 heavy (non-hydrogen) atoms. The van der Waals surface area contributed by atoms with Crippen LogP contribution in [0.3, 0.4) is 0 Å². The Morgan fingerprint density at radius 1 is 1.12 bits per heavy atom. The molecule has 8 nitrogen and oxygen atoms in total. The molecule has 170 valence electrons. The van der Waals surface area contributed by atoms with Gasteiger partial charge in [0.05, 0.1) is 41.1 Å². The van der Waals surface area contributed by atoms with Gasteiger partial charge in [0.2, 0.25) is 5.78 Å². The van der Waals surface area contributed by atoms with Gasteiger partial charge in [0, 0.05) is 25.0 Å². The lowest BCUT2D eigenvalue weighted by atomic mass is 10.0. The highest BCUT2D eigenvalue weighted by atomic mass is 35.5. The first kappa shape index (κ1) is 22.7.